The van der Waals surface area contributed by atoms with E-state index >= 15 is 0 Å². The molecule has 21 heavy (non-hydrogen) atoms. The van der Waals surface area contributed by atoms with Crippen molar-refractivity contribution >= 4 is 17.5 Å². The third-order valence-electron chi connectivity index (χ3n) is 3.63. The highest BCUT2D eigenvalue weighted by atomic mass is 35.5. The molecular formula is C14H16ClN5O. The summed E-state index contributed by atoms with van der Waals surface area (Å²) >= 11 is 6.14. The van der Waals surface area contributed by atoms with Crippen LogP contribution in [0.25, 0.3) is 0 Å². The second-order valence-corrected chi connectivity index (χ2v) is 5.75. The van der Waals surface area contributed by atoms with Crippen molar-refractivity contribution in [3.05, 3.63) is 40.7 Å². The van der Waals surface area contributed by atoms with Gasteiger partial charge in [0.05, 0.1) is 10.6 Å². The molecule has 0 aliphatic heterocycles. The molecule has 1 fully saturated rings. The van der Waals surface area contributed by atoms with Gasteiger partial charge in [0.1, 0.15) is 0 Å². The number of amides is 1. The number of nitrogens with zero attached hydrogens (tertiary/aromatic N) is 4. The Bertz CT molecular complexity index is 626. The van der Waals surface area contributed by atoms with Crippen molar-refractivity contribution in [2.45, 2.75) is 31.7 Å². The monoisotopic (exact) mass is 305 g/mol. The zero-order valence-corrected chi connectivity index (χ0v) is 12.4. The van der Waals surface area contributed by atoms with Gasteiger partial charge in [-0.25, -0.2) is 0 Å². The molecule has 1 N–H and O–H groups in total. The Morgan fingerprint density at radius 1 is 1.48 bits per heavy atom. The minimum absolute atomic E-state index is 0.0239. The third kappa shape index (κ3) is 3.05. The number of H-pyrrole nitrogens is 1. The van der Waals surface area contributed by atoms with Crippen LogP contribution in [0.3, 0.4) is 0 Å². The van der Waals surface area contributed by atoms with Crippen molar-refractivity contribution in [2.24, 2.45) is 0 Å². The number of carbonyl (C=O) groups excluding carboxylic acids is 1. The van der Waals surface area contributed by atoms with Crippen LogP contribution in [0, 0.1) is 0 Å². The van der Waals surface area contributed by atoms with Crippen LogP contribution in [0.15, 0.2) is 24.3 Å². The van der Waals surface area contributed by atoms with E-state index in [-0.39, 0.29) is 11.8 Å². The van der Waals surface area contributed by atoms with Gasteiger partial charge in [0.15, 0.2) is 5.82 Å². The number of hydrogen-bond donors (Lipinski definition) is 1. The third-order valence-corrected chi connectivity index (χ3v) is 3.96. The summed E-state index contributed by atoms with van der Waals surface area (Å²) in [7, 11) is 0. The van der Waals surface area contributed by atoms with Gasteiger partial charge in [-0.2, -0.15) is 5.21 Å². The molecule has 1 heterocycles. The molecule has 1 atom stereocenters. The molecule has 1 unspecified atom stereocenters. The quantitative estimate of drug-likeness (QED) is 0.919. The van der Waals surface area contributed by atoms with E-state index in [9.17, 15) is 4.79 Å². The maximum Gasteiger partial charge on any atom is 0.255 e. The SMILES string of the molecule is CC(CN(C(=O)c1ccccc1Cl)C1CC1)c1nn[nH]n1. The average Bonchev–Trinajstić information content (AvgIpc) is 3.17. The molecule has 1 aliphatic rings. The molecule has 0 radical (unpaired) electrons. The number of rotatable bonds is 5. The molecule has 110 valence electrons. The minimum Gasteiger partial charge on any atom is -0.335 e. The molecular weight excluding hydrogens is 290 g/mol. The van der Waals surface area contributed by atoms with E-state index in [0.717, 1.165) is 12.8 Å². The van der Waals surface area contributed by atoms with E-state index in [2.05, 4.69) is 20.6 Å². The number of halogens is 1. The Balaban J connectivity index is 1.79. The standard InChI is InChI=1S/C14H16ClN5O/c1-9(13-16-18-19-17-13)8-20(10-6-7-10)14(21)11-4-2-3-5-12(11)15/h2-5,9-10H,6-8H2,1H3,(H,16,17,18,19). The zero-order chi connectivity index (χ0) is 14.8. The van der Waals surface area contributed by atoms with E-state index in [4.69, 9.17) is 11.6 Å². The first kappa shape index (κ1) is 14.0. The van der Waals surface area contributed by atoms with E-state index in [1.807, 2.05) is 24.0 Å². The predicted octanol–water partition coefficient (Wildman–Crippen LogP) is 2.26. The molecule has 1 aliphatic carbocycles. The van der Waals surface area contributed by atoms with Crippen LogP contribution in [0.5, 0.6) is 0 Å². The second kappa shape index (κ2) is 5.81. The van der Waals surface area contributed by atoms with Crippen LogP contribution in [-0.4, -0.2) is 44.0 Å². The summed E-state index contributed by atoms with van der Waals surface area (Å²) in [4.78, 5) is 14.6. The lowest BCUT2D eigenvalue weighted by Crippen LogP contribution is -2.36. The molecule has 0 spiro atoms. The van der Waals surface area contributed by atoms with Gasteiger partial charge in [0.2, 0.25) is 0 Å². The summed E-state index contributed by atoms with van der Waals surface area (Å²) in [5.41, 5.74) is 0.548. The molecule has 2 aromatic rings. The molecule has 1 saturated carbocycles. The Morgan fingerprint density at radius 3 is 2.86 bits per heavy atom. The van der Waals surface area contributed by atoms with Crippen LogP contribution in [0.1, 0.15) is 41.9 Å². The Hall–Kier alpha value is -1.95. The van der Waals surface area contributed by atoms with Gasteiger partial charge in [0.25, 0.3) is 5.91 Å². The number of aromatic amines is 1. The molecule has 0 bridgehead atoms. The Morgan fingerprint density at radius 2 is 2.24 bits per heavy atom. The second-order valence-electron chi connectivity index (χ2n) is 5.34. The highest BCUT2D eigenvalue weighted by molar-refractivity contribution is 6.33. The summed E-state index contributed by atoms with van der Waals surface area (Å²) < 4.78 is 0. The molecule has 0 saturated heterocycles. The van der Waals surface area contributed by atoms with E-state index < -0.39 is 0 Å². The lowest BCUT2D eigenvalue weighted by molar-refractivity contribution is 0.0733. The number of hydrogen-bond acceptors (Lipinski definition) is 4. The summed E-state index contributed by atoms with van der Waals surface area (Å²) in [6.07, 6.45) is 2.07. The van der Waals surface area contributed by atoms with Crippen molar-refractivity contribution < 1.29 is 4.79 Å². The predicted molar refractivity (Wildman–Crippen MR) is 78.1 cm³/mol. The number of nitrogens with one attached hydrogen (secondary N) is 1. The van der Waals surface area contributed by atoms with Gasteiger partial charge in [0, 0.05) is 18.5 Å². The van der Waals surface area contributed by atoms with Crippen LogP contribution in [0.4, 0.5) is 0 Å². The summed E-state index contributed by atoms with van der Waals surface area (Å²) in [5, 5.41) is 14.5. The molecule has 6 nitrogen and oxygen atoms in total. The zero-order valence-electron chi connectivity index (χ0n) is 11.7. The largest absolute Gasteiger partial charge is 0.335 e. The minimum atomic E-state index is -0.0292. The molecule has 1 aromatic carbocycles. The first-order valence-electron chi connectivity index (χ1n) is 6.95. The molecule has 3 rings (SSSR count). The average molecular weight is 306 g/mol. The van der Waals surface area contributed by atoms with Crippen molar-refractivity contribution in [1.29, 1.82) is 0 Å². The van der Waals surface area contributed by atoms with Crippen LogP contribution >= 0.6 is 11.6 Å². The van der Waals surface area contributed by atoms with Crippen molar-refractivity contribution in [2.75, 3.05) is 6.54 Å². The van der Waals surface area contributed by atoms with Gasteiger partial charge in [-0.1, -0.05) is 35.9 Å². The van der Waals surface area contributed by atoms with Gasteiger partial charge in [-0.3, -0.25) is 4.79 Å². The van der Waals surface area contributed by atoms with Crippen molar-refractivity contribution in [1.82, 2.24) is 25.5 Å². The van der Waals surface area contributed by atoms with E-state index in [1.165, 1.54) is 0 Å². The first-order chi connectivity index (χ1) is 10.2. The smallest absolute Gasteiger partial charge is 0.255 e. The van der Waals surface area contributed by atoms with Gasteiger partial charge >= 0.3 is 0 Å². The maximum absolute atomic E-state index is 12.7. The number of aromatic nitrogens is 4. The summed E-state index contributed by atoms with van der Waals surface area (Å²) in [6, 6.07) is 7.44. The van der Waals surface area contributed by atoms with E-state index in [0.29, 0.717) is 29.0 Å². The number of tetrazole rings is 1. The summed E-state index contributed by atoms with van der Waals surface area (Å²) in [5.74, 6) is 0.613. The maximum atomic E-state index is 12.7. The topological polar surface area (TPSA) is 74.8 Å². The fourth-order valence-electron chi connectivity index (χ4n) is 2.33. The fraction of sp³-hybridized carbons (Fsp3) is 0.429. The highest BCUT2D eigenvalue weighted by Crippen LogP contribution is 2.31. The number of carbonyl (C=O) groups is 1. The van der Waals surface area contributed by atoms with Crippen LogP contribution < -0.4 is 0 Å². The van der Waals surface area contributed by atoms with E-state index in [1.54, 1.807) is 12.1 Å². The lowest BCUT2D eigenvalue weighted by Gasteiger charge is -2.25. The highest BCUT2D eigenvalue weighted by Gasteiger charge is 2.35. The van der Waals surface area contributed by atoms with Crippen LogP contribution in [0.2, 0.25) is 5.02 Å². The first-order valence-corrected chi connectivity index (χ1v) is 7.33. The summed E-state index contributed by atoms with van der Waals surface area (Å²) in [6.45, 7) is 2.55. The van der Waals surface area contributed by atoms with Gasteiger partial charge in [-0.05, 0) is 25.0 Å². The normalized spacial score (nSPS) is 15.7. The molecule has 1 amide bonds. The lowest BCUT2D eigenvalue weighted by atomic mass is 10.1. The Labute approximate surface area is 127 Å². The van der Waals surface area contributed by atoms with Crippen LogP contribution in [-0.2, 0) is 0 Å². The van der Waals surface area contributed by atoms with Gasteiger partial charge < -0.3 is 4.90 Å². The molecule has 1 aromatic heterocycles. The Kier molecular flexibility index (Phi) is 3.88. The van der Waals surface area contributed by atoms with Crippen molar-refractivity contribution in [3.63, 3.8) is 0 Å². The number of benzene rings is 1. The molecule has 7 heteroatoms. The van der Waals surface area contributed by atoms with Crippen molar-refractivity contribution in [3.8, 4) is 0 Å². The van der Waals surface area contributed by atoms with Gasteiger partial charge in [-0.15, -0.1) is 10.2 Å². The fourth-order valence-corrected chi connectivity index (χ4v) is 2.54.